The largest absolute Gasteiger partial charge is 0.416 e. The molecule has 4 nitrogen and oxygen atoms in total. The lowest BCUT2D eigenvalue weighted by Gasteiger charge is -2.29. The molecule has 0 aliphatic carbocycles. The fourth-order valence-electron chi connectivity index (χ4n) is 2.26. The van der Waals surface area contributed by atoms with Crippen molar-refractivity contribution in [1.29, 1.82) is 0 Å². The molecular weight excluding hydrogens is 453 g/mol. The summed E-state index contributed by atoms with van der Waals surface area (Å²) in [6.07, 6.45) is -3.20. The minimum Gasteiger partial charge on any atom is -0.298 e. The Balaban J connectivity index is 2.02. The summed E-state index contributed by atoms with van der Waals surface area (Å²) < 4.78 is 39.6. The number of hydrogen-bond donors (Lipinski definition) is 1. The Kier molecular flexibility index (Phi) is 5.00. The number of amides is 2. The van der Waals surface area contributed by atoms with Gasteiger partial charge in [-0.25, -0.2) is 0 Å². The Morgan fingerprint density at radius 3 is 2.58 bits per heavy atom. The number of carbonyl (C=O) groups is 2. The third-order valence-electron chi connectivity index (χ3n) is 3.41. The zero-order chi connectivity index (χ0) is 19.1. The highest BCUT2D eigenvalue weighted by atomic mass is 79.9. The first-order valence-electron chi connectivity index (χ1n) is 6.99. The van der Waals surface area contributed by atoms with Gasteiger partial charge in [-0.15, -0.1) is 11.3 Å². The number of rotatable bonds is 2. The highest BCUT2D eigenvalue weighted by Gasteiger charge is 2.36. The minimum atomic E-state index is -4.57. The molecule has 0 saturated carbocycles. The molecule has 2 aromatic rings. The number of hydrogen-bond acceptors (Lipinski definition) is 4. The number of carbonyl (C=O) groups excluding carboxylic acids is 2. The predicted octanol–water partition coefficient (Wildman–Crippen LogP) is 4.36. The number of halogens is 4. The first kappa shape index (κ1) is 18.7. The van der Waals surface area contributed by atoms with Gasteiger partial charge in [0.15, 0.2) is 5.11 Å². The molecule has 0 bridgehead atoms. The van der Waals surface area contributed by atoms with E-state index < -0.39 is 23.6 Å². The zero-order valence-corrected chi connectivity index (χ0v) is 15.9. The summed E-state index contributed by atoms with van der Waals surface area (Å²) in [5.74, 6) is -1.49. The van der Waals surface area contributed by atoms with Crippen molar-refractivity contribution in [2.75, 3.05) is 4.90 Å². The van der Waals surface area contributed by atoms with Crippen molar-refractivity contribution in [3.8, 4) is 0 Å². The van der Waals surface area contributed by atoms with E-state index >= 15 is 0 Å². The molecule has 134 valence electrons. The van der Waals surface area contributed by atoms with E-state index in [1.165, 1.54) is 29.5 Å². The number of thiophene rings is 1. The van der Waals surface area contributed by atoms with Crippen LogP contribution in [0.5, 0.6) is 0 Å². The van der Waals surface area contributed by atoms with Crippen molar-refractivity contribution < 1.29 is 22.8 Å². The highest BCUT2D eigenvalue weighted by Crippen LogP contribution is 2.33. The highest BCUT2D eigenvalue weighted by molar-refractivity contribution is 9.10. The van der Waals surface area contributed by atoms with E-state index in [9.17, 15) is 22.8 Å². The Morgan fingerprint density at radius 2 is 1.96 bits per heavy atom. The standard InChI is InChI=1S/C16H8BrF3N2O2S2/c17-9-5-11(26-7-9)6-12-13(23)21-15(25)22(14(12)24)10-3-1-2-8(4-10)16(18,19)20/h1-7H,(H,21,23,25)/b12-6+. The lowest BCUT2D eigenvalue weighted by Crippen LogP contribution is -2.54. The summed E-state index contributed by atoms with van der Waals surface area (Å²) in [5, 5.41) is 3.83. The molecule has 1 saturated heterocycles. The van der Waals surface area contributed by atoms with E-state index in [1.807, 2.05) is 0 Å². The number of nitrogens with one attached hydrogen (secondary N) is 1. The number of alkyl halides is 3. The van der Waals surface area contributed by atoms with Crippen LogP contribution in [0.3, 0.4) is 0 Å². The van der Waals surface area contributed by atoms with Crippen LogP contribution in [0.2, 0.25) is 0 Å². The van der Waals surface area contributed by atoms with Crippen LogP contribution in [0.15, 0.2) is 45.8 Å². The maximum absolute atomic E-state index is 12.9. The topological polar surface area (TPSA) is 49.4 Å². The molecule has 1 aliphatic rings. The minimum absolute atomic E-state index is 0.0758. The molecule has 0 radical (unpaired) electrons. The lowest BCUT2D eigenvalue weighted by atomic mass is 10.1. The van der Waals surface area contributed by atoms with Gasteiger partial charge < -0.3 is 0 Å². The molecule has 0 spiro atoms. The lowest BCUT2D eigenvalue weighted by molar-refractivity contribution is -0.137. The molecule has 0 atom stereocenters. The second-order valence-corrected chi connectivity index (χ2v) is 7.42. The van der Waals surface area contributed by atoms with E-state index in [4.69, 9.17) is 12.2 Å². The van der Waals surface area contributed by atoms with Crippen molar-refractivity contribution in [3.05, 3.63) is 56.2 Å². The normalized spacial score (nSPS) is 17.0. The van der Waals surface area contributed by atoms with Gasteiger partial charge in [-0.2, -0.15) is 13.2 Å². The smallest absolute Gasteiger partial charge is 0.298 e. The summed E-state index contributed by atoms with van der Waals surface area (Å²) in [7, 11) is 0. The monoisotopic (exact) mass is 460 g/mol. The van der Waals surface area contributed by atoms with Crippen LogP contribution in [0, 0.1) is 0 Å². The molecule has 3 rings (SSSR count). The third kappa shape index (κ3) is 3.71. The Morgan fingerprint density at radius 1 is 1.23 bits per heavy atom. The maximum atomic E-state index is 12.9. The van der Waals surface area contributed by atoms with Crippen LogP contribution in [-0.4, -0.2) is 16.9 Å². The van der Waals surface area contributed by atoms with Gasteiger partial charge in [0.2, 0.25) is 0 Å². The molecule has 0 unspecified atom stereocenters. The molecular formula is C16H8BrF3N2O2S2. The fraction of sp³-hybridized carbons (Fsp3) is 0.0625. The van der Waals surface area contributed by atoms with Crippen molar-refractivity contribution in [1.82, 2.24) is 5.32 Å². The summed E-state index contributed by atoms with van der Waals surface area (Å²) >= 11 is 9.55. The summed E-state index contributed by atoms with van der Waals surface area (Å²) in [5.41, 5.74) is -1.21. The first-order chi connectivity index (χ1) is 12.2. The average Bonchev–Trinajstić information content (AvgIpc) is 2.96. The van der Waals surface area contributed by atoms with Gasteiger partial charge in [-0.1, -0.05) is 6.07 Å². The van der Waals surface area contributed by atoms with Crippen LogP contribution in [0.25, 0.3) is 6.08 Å². The van der Waals surface area contributed by atoms with Gasteiger partial charge >= 0.3 is 6.18 Å². The van der Waals surface area contributed by atoms with Crippen LogP contribution in [0.1, 0.15) is 10.4 Å². The van der Waals surface area contributed by atoms with Crippen molar-refractivity contribution >= 4 is 68.2 Å². The molecule has 1 fully saturated rings. The van der Waals surface area contributed by atoms with Gasteiger partial charge in [-0.05, 0) is 58.5 Å². The fourth-order valence-corrected chi connectivity index (χ4v) is 3.92. The molecule has 2 amide bonds. The molecule has 10 heteroatoms. The van der Waals surface area contributed by atoms with Gasteiger partial charge in [0.05, 0.1) is 11.3 Å². The van der Waals surface area contributed by atoms with Crippen LogP contribution in [-0.2, 0) is 15.8 Å². The average molecular weight is 461 g/mol. The summed E-state index contributed by atoms with van der Waals surface area (Å²) in [4.78, 5) is 26.4. The predicted molar refractivity (Wildman–Crippen MR) is 99.7 cm³/mol. The van der Waals surface area contributed by atoms with Crippen molar-refractivity contribution in [3.63, 3.8) is 0 Å². The van der Waals surface area contributed by atoms with Crippen molar-refractivity contribution in [2.24, 2.45) is 0 Å². The molecule has 26 heavy (non-hydrogen) atoms. The van der Waals surface area contributed by atoms with Gasteiger partial charge in [-0.3, -0.25) is 19.8 Å². The molecule has 1 aliphatic heterocycles. The first-order valence-corrected chi connectivity index (χ1v) is 9.07. The summed E-state index contributed by atoms with van der Waals surface area (Å²) in [6, 6.07) is 5.89. The van der Waals surface area contributed by atoms with E-state index in [0.29, 0.717) is 4.88 Å². The van der Waals surface area contributed by atoms with Gasteiger partial charge in [0, 0.05) is 14.7 Å². The second-order valence-electron chi connectivity index (χ2n) is 5.17. The van der Waals surface area contributed by atoms with Crippen molar-refractivity contribution in [2.45, 2.75) is 6.18 Å². The Labute approximate surface area is 163 Å². The van der Waals surface area contributed by atoms with E-state index in [2.05, 4.69) is 21.2 Å². The Bertz CT molecular complexity index is 953. The maximum Gasteiger partial charge on any atom is 0.416 e. The summed E-state index contributed by atoms with van der Waals surface area (Å²) in [6.45, 7) is 0. The van der Waals surface area contributed by atoms with Gasteiger partial charge in [0.25, 0.3) is 11.8 Å². The number of thiocarbonyl (C=S) groups is 1. The van der Waals surface area contributed by atoms with Crippen LogP contribution >= 0.6 is 39.5 Å². The van der Waals surface area contributed by atoms with E-state index in [0.717, 1.165) is 21.5 Å². The van der Waals surface area contributed by atoms with Crippen LogP contribution in [0.4, 0.5) is 18.9 Å². The Hall–Kier alpha value is -2.04. The quantitative estimate of drug-likeness (QED) is 0.411. The SMILES string of the molecule is O=C1NC(=S)N(c2cccc(C(F)(F)F)c2)C(=O)/C1=C/c1cc(Br)cs1. The molecule has 1 N–H and O–H groups in total. The number of anilines is 1. The van der Waals surface area contributed by atoms with E-state index in [1.54, 1.807) is 11.4 Å². The van der Waals surface area contributed by atoms with Crippen LogP contribution < -0.4 is 10.2 Å². The zero-order valence-electron chi connectivity index (χ0n) is 12.6. The molecule has 1 aromatic carbocycles. The second kappa shape index (κ2) is 6.93. The third-order valence-corrected chi connectivity index (χ3v) is 5.33. The number of nitrogens with zero attached hydrogens (tertiary/aromatic N) is 1. The molecule has 1 aromatic heterocycles. The van der Waals surface area contributed by atoms with E-state index in [-0.39, 0.29) is 16.4 Å². The molecule has 2 heterocycles. The van der Waals surface area contributed by atoms with Gasteiger partial charge in [0.1, 0.15) is 5.57 Å². The number of benzene rings is 1.